The van der Waals surface area contributed by atoms with E-state index in [1.165, 1.54) is 22.7 Å². The predicted octanol–water partition coefficient (Wildman–Crippen LogP) is 4.69. The maximum Gasteiger partial charge on any atom is 0.418 e. The molecule has 0 aliphatic rings. The van der Waals surface area contributed by atoms with Crippen molar-refractivity contribution in [1.29, 1.82) is 0 Å². The number of carbonyl (C=O) groups excluding carboxylic acids is 1. The molecule has 0 saturated carbocycles. The lowest BCUT2D eigenvalue weighted by Crippen LogP contribution is -2.20. The minimum atomic E-state index is -4.61. The van der Waals surface area contributed by atoms with E-state index >= 15 is 0 Å². The van der Waals surface area contributed by atoms with Crippen LogP contribution in [0, 0.1) is 13.8 Å². The molecule has 0 aliphatic carbocycles. The number of aromatic nitrogens is 4. The molecule has 4 rings (SSSR count). The fourth-order valence-electron chi connectivity index (χ4n) is 3.44. The van der Waals surface area contributed by atoms with Crippen LogP contribution in [-0.4, -0.2) is 32.8 Å². The number of anilines is 1. The van der Waals surface area contributed by atoms with Crippen LogP contribution in [0.1, 0.15) is 27.4 Å². The van der Waals surface area contributed by atoms with Crippen LogP contribution in [0.5, 0.6) is 5.75 Å². The highest BCUT2D eigenvalue weighted by Crippen LogP contribution is 2.35. The molecule has 164 valence electrons. The van der Waals surface area contributed by atoms with Gasteiger partial charge in [-0.1, -0.05) is 24.3 Å². The van der Waals surface area contributed by atoms with Gasteiger partial charge in [0.25, 0.3) is 5.91 Å². The molecular weight excluding hydrogens is 423 g/mol. The van der Waals surface area contributed by atoms with Gasteiger partial charge < -0.3 is 10.1 Å². The highest BCUT2D eigenvalue weighted by molar-refractivity contribution is 6.04. The summed E-state index contributed by atoms with van der Waals surface area (Å²) in [5, 5.41) is 14.9. The van der Waals surface area contributed by atoms with Crippen LogP contribution < -0.4 is 10.1 Å². The Morgan fingerprint density at radius 2 is 1.72 bits per heavy atom. The number of benzene rings is 2. The van der Waals surface area contributed by atoms with Crippen molar-refractivity contribution < 1.29 is 22.7 Å². The van der Waals surface area contributed by atoms with Gasteiger partial charge in [-0.3, -0.25) is 4.79 Å². The van der Waals surface area contributed by atoms with Crippen molar-refractivity contribution in [2.45, 2.75) is 20.0 Å². The summed E-state index contributed by atoms with van der Waals surface area (Å²) in [5.74, 6) is -0.115. The minimum Gasteiger partial charge on any atom is -0.497 e. The SMILES string of the molecule is COc1ccc(-c2c(C)nn3c(C)c(C(=O)Nc4ccccc4C(F)(F)F)nnc23)cc1. The number of carbonyl (C=O) groups is 1. The molecule has 0 fully saturated rings. The number of nitrogens with zero attached hydrogens (tertiary/aromatic N) is 4. The van der Waals surface area contributed by atoms with Gasteiger partial charge >= 0.3 is 6.18 Å². The van der Waals surface area contributed by atoms with E-state index in [2.05, 4.69) is 20.6 Å². The first-order valence-corrected chi connectivity index (χ1v) is 9.55. The molecule has 1 N–H and O–H groups in total. The van der Waals surface area contributed by atoms with Crippen molar-refractivity contribution in [2.75, 3.05) is 12.4 Å². The number of rotatable bonds is 4. The molecule has 0 aliphatic heterocycles. The van der Waals surface area contributed by atoms with Crippen molar-refractivity contribution in [3.8, 4) is 16.9 Å². The van der Waals surface area contributed by atoms with Gasteiger partial charge in [-0.05, 0) is 43.7 Å². The van der Waals surface area contributed by atoms with Crippen LogP contribution in [0.25, 0.3) is 16.8 Å². The molecule has 7 nitrogen and oxygen atoms in total. The lowest BCUT2D eigenvalue weighted by molar-refractivity contribution is -0.136. The average Bonchev–Trinajstić information content (AvgIpc) is 3.10. The standard InChI is InChI=1S/C22H18F3N5O2/c1-12-18(14-8-10-15(32-3)11-9-14)20-28-27-19(13(2)30(20)29-12)21(31)26-17-7-5-4-6-16(17)22(23,24)25/h4-11H,1-3H3,(H,26,31). The molecule has 1 amide bonds. The Kier molecular flexibility index (Phi) is 5.29. The molecule has 32 heavy (non-hydrogen) atoms. The van der Waals surface area contributed by atoms with E-state index in [0.717, 1.165) is 17.2 Å². The number of para-hydroxylation sites is 1. The number of methoxy groups -OCH3 is 1. The summed E-state index contributed by atoms with van der Waals surface area (Å²) in [4.78, 5) is 12.8. The van der Waals surface area contributed by atoms with Crippen LogP contribution in [0.4, 0.5) is 18.9 Å². The van der Waals surface area contributed by atoms with Crippen molar-refractivity contribution >= 4 is 17.2 Å². The Balaban J connectivity index is 1.73. The van der Waals surface area contributed by atoms with Crippen LogP contribution in [-0.2, 0) is 6.18 Å². The second-order valence-electron chi connectivity index (χ2n) is 7.06. The largest absolute Gasteiger partial charge is 0.497 e. The Morgan fingerprint density at radius 1 is 1.03 bits per heavy atom. The lowest BCUT2D eigenvalue weighted by atomic mass is 10.1. The van der Waals surface area contributed by atoms with Gasteiger partial charge in [0.15, 0.2) is 11.3 Å². The second-order valence-corrected chi connectivity index (χ2v) is 7.06. The topological polar surface area (TPSA) is 81.4 Å². The summed E-state index contributed by atoms with van der Waals surface area (Å²) in [6.45, 7) is 3.41. The van der Waals surface area contributed by atoms with Gasteiger partial charge in [0.05, 0.1) is 35.3 Å². The number of hydrogen-bond acceptors (Lipinski definition) is 5. The number of nitrogens with one attached hydrogen (secondary N) is 1. The van der Waals surface area contributed by atoms with Crippen molar-refractivity contribution in [2.24, 2.45) is 0 Å². The molecule has 2 aromatic carbocycles. The Labute approximate surface area is 180 Å². The molecule has 0 unspecified atom stereocenters. The molecule has 0 spiro atoms. The number of halogens is 3. The number of aryl methyl sites for hydroxylation is 2. The number of amides is 1. The van der Waals surface area contributed by atoms with Gasteiger partial charge in [-0.2, -0.15) is 18.3 Å². The van der Waals surface area contributed by atoms with E-state index in [1.54, 1.807) is 33.1 Å². The third-order valence-electron chi connectivity index (χ3n) is 5.02. The van der Waals surface area contributed by atoms with Crippen LogP contribution in [0.3, 0.4) is 0 Å². The Bertz CT molecular complexity index is 1310. The van der Waals surface area contributed by atoms with E-state index in [0.29, 0.717) is 22.8 Å². The van der Waals surface area contributed by atoms with Crippen LogP contribution in [0.2, 0.25) is 0 Å². The third-order valence-corrected chi connectivity index (χ3v) is 5.02. The molecule has 10 heteroatoms. The first kappa shape index (κ1) is 21.3. The van der Waals surface area contributed by atoms with Crippen LogP contribution in [0.15, 0.2) is 48.5 Å². The van der Waals surface area contributed by atoms with Gasteiger partial charge in [0.1, 0.15) is 5.75 Å². The molecule has 0 bridgehead atoms. The fourth-order valence-corrected chi connectivity index (χ4v) is 3.44. The molecule has 0 atom stereocenters. The summed E-state index contributed by atoms with van der Waals surface area (Å²) >= 11 is 0. The second kappa shape index (κ2) is 7.95. The van der Waals surface area contributed by atoms with Gasteiger partial charge in [0.2, 0.25) is 0 Å². The maximum absolute atomic E-state index is 13.2. The average molecular weight is 441 g/mol. The van der Waals surface area contributed by atoms with Gasteiger partial charge in [-0.25, -0.2) is 4.52 Å². The zero-order chi connectivity index (χ0) is 23.0. The zero-order valence-electron chi connectivity index (χ0n) is 17.4. The molecular formula is C22H18F3N5O2. The van der Waals surface area contributed by atoms with E-state index in [4.69, 9.17) is 4.74 Å². The summed E-state index contributed by atoms with van der Waals surface area (Å²) < 4.78 is 46.4. The van der Waals surface area contributed by atoms with Gasteiger partial charge in [0, 0.05) is 0 Å². The molecule has 4 aromatic rings. The highest BCUT2D eigenvalue weighted by atomic mass is 19.4. The number of alkyl halides is 3. The molecule has 0 radical (unpaired) electrons. The summed E-state index contributed by atoms with van der Waals surface area (Å²) in [7, 11) is 1.57. The van der Waals surface area contributed by atoms with Crippen molar-refractivity contribution in [1.82, 2.24) is 19.8 Å². The van der Waals surface area contributed by atoms with Crippen molar-refractivity contribution in [3.05, 3.63) is 71.2 Å². The van der Waals surface area contributed by atoms with E-state index in [1.807, 2.05) is 12.1 Å². The summed E-state index contributed by atoms with van der Waals surface area (Å²) in [5.41, 5.74) is 1.57. The van der Waals surface area contributed by atoms with E-state index < -0.39 is 17.6 Å². The third kappa shape index (κ3) is 3.75. The van der Waals surface area contributed by atoms with Crippen LogP contribution >= 0.6 is 0 Å². The van der Waals surface area contributed by atoms with Gasteiger partial charge in [-0.15, -0.1) is 10.2 Å². The Hall–Kier alpha value is -3.95. The zero-order valence-corrected chi connectivity index (χ0v) is 17.4. The summed E-state index contributed by atoms with van der Waals surface area (Å²) in [6, 6.07) is 12.1. The fraction of sp³-hybridized carbons (Fsp3) is 0.182. The lowest BCUT2D eigenvalue weighted by Gasteiger charge is -2.13. The highest BCUT2D eigenvalue weighted by Gasteiger charge is 2.34. The smallest absolute Gasteiger partial charge is 0.418 e. The van der Waals surface area contributed by atoms with Crippen molar-refractivity contribution in [3.63, 3.8) is 0 Å². The minimum absolute atomic E-state index is 0.127. The number of fused-ring (bicyclic) bond motifs is 1. The monoisotopic (exact) mass is 441 g/mol. The van der Waals surface area contributed by atoms with E-state index in [-0.39, 0.29) is 11.4 Å². The Morgan fingerprint density at radius 3 is 2.38 bits per heavy atom. The first-order chi connectivity index (χ1) is 15.2. The summed E-state index contributed by atoms with van der Waals surface area (Å²) in [6.07, 6.45) is -4.61. The first-order valence-electron chi connectivity index (χ1n) is 9.55. The predicted molar refractivity (Wildman–Crippen MR) is 112 cm³/mol. The normalized spacial score (nSPS) is 11.6. The van der Waals surface area contributed by atoms with E-state index in [9.17, 15) is 18.0 Å². The molecule has 0 saturated heterocycles. The quantitative estimate of drug-likeness (QED) is 0.497. The maximum atomic E-state index is 13.2. The number of hydrogen-bond donors (Lipinski definition) is 1. The molecule has 2 aromatic heterocycles. The number of ether oxygens (including phenoxy) is 1. The molecule has 2 heterocycles.